The van der Waals surface area contributed by atoms with E-state index in [-0.39, 0.29) is 24.1 Å². The molecule has 0 spiro atoms. The fraction of sp³-hybridized carbons (Fsp3) is 0.360. The lowest BCUT2D eigenvalue weighted by Crippen LogP contribution is -2.29. The first-order chi connectivity index (χ1) is 16.4. The quantitative estimate of drug-likeness (QED) is 0.395. The Balaban J connectivity index is 1.54. The van der Waals surface area contributed by atoms with E-state index in [1.165, 1.54) is 16.7 Å². The van der Waals surface area contributed by atoms with Gasteiger partial charge in [-0.25, -0.2) is 4.98 Å². The lowest BCUT2D eigenvalue weighted by atomic mass is 9.87. The number of fused-ring (bicyclic) bond motifs is 1. The minimum atomic E-state index is -0.238. The van der Waals surface area contributed by atoms with Crippen LogP contribution < -0.4 is 10.9 Å². The summed E-state index contributed by atoms with van der Waals surface area (Å²) in [4.78, 5) is 33.5. The maximum absolute atomic E-state index is 13.6. The number of carbonyl (C=O) groups excluding carboxylic acids is 1. The molecule has 1 aliphatic heterocycles. The van der Waals surface area contributed by atoms with Crippen LogP contribution in [0.3, 0.4) is 0 Å². The molecule has 0 radical (unpaired) electrons. The van der Waals surface area contributed by atoms with Gasteiger partial charge in [0.25, 0.3) is 11.5 Å². The summed E-state index contributed by atoms with van der Waals surface area (Å²) < 4.78 is 7.36. The van der Waals surface area contributed by atoms with Crippen molar-refractivity contribution < 1.29 is 9.21 Å². The van der Waals surface area contributed by atoms with Gasteiger partial charge in [-0.15, -0.1) is 0 Å². The van der Waals surface area contributed by atoms with E-state index in [1.54, 1.807) is 35.1 Å². The van der Waals surface area contributed by atoms with E-state index >= 15 is 0 Å². The molecule has 2 aliphatic rings. The number of aryl methyl sites for hydroxylation is 1. The summed E-state index contributed by atoms with van der Waals surface area (Å²) in [6, 6.07) is 7.59. The smallest absolute Gasteiger partial charge is 0.267 e. The minimum Gasteiger partial charge on any atom is -0.467 e. The van der Waals surface area contributed by atoms with Gasteiger partial charge in [-0.1, -0.05) is 37.0 Å². The topological polar surface area (TPSA) is 79.8 Å². The van der Waals surface area contributed by atoms with Crippen molar-refractivity contribution in [1.82, 2.24) is 14.3 Å². The van der Waals surface area contributed by atoms with Crippen LogP contribution in [0.1, 0.15) is 49.5 Å². The van der Waals surface area contributed by atoms with E-state index in [0.717, 1.165) is 31.2 Å². The highest BCUT2D eigenvalue weighted by atomic mass is 32.2. The molecule has 3 aromatic rings. The standard InChI is InChI=1S/C25H26N4O3S2/c1-15-7-9-17(10-8-15)26-21-19(23(30)28-11-3-5-16(2)22(28)27-21)13-20-24(31)29(25(33)34-20)14-18-6-4-12-32-18/h3-6,11-13,15,17,26H,7-10,14H2,1-2H3. The van der Waals surface area contributed by atoms with E-state index in [1.807, 2.05) is 19.1 Å². The van der Waals surface area contributed by atoms with E-state index in [0.29, 0.717) is 37.9 Å². The molecule has 0 aromatic carbocycles. The van der Waals surface area contributed by atoms with Crippen LogP contribution in [0.2, 0.25) is 0 Å². The number of amides is 1. The molecular weight excluding hydrogens is 468 g/mol. The van der Waals surface area contributed by atoms with E-state index in [2.05, 4.69) is 12.2 Å². The molecule has 34 heavy (non-hydrogen) atoms. The number of anilines is 1. The third-order valence-electron chi connectivity index (χ3n) is 6.48. The van der Waals surface area contributed by atoms with Crippen LogP contribution in [-0.2, 0) is 11.3 Å². The summed E-state index contributed by atoms with van der Waals surface area (Å²) >= 11 is 6.65. The lowest BCUT2D eigenvalue weighted by molar-refractivity contribution is -0.122. The van der Waals surface area contributed by atoms with Gasteiger partial charge in [0.1, 0.15) is 21.5 Å². The molecule has 2 fully saturated rings. The summed E-state index contributed by atoms with van der Waals surface area (Å²) in [6.07, 6.45) is 9.26. The van der Waals surface area contributed by atoms with Crippen molar-refractivity contribution in [3.8, 4) is 0 Å². The van der Waals surface area contributed by atoms with Gasteiger partial charge in [-0.2, -0.15) is 0 Å². The zero-order valence-electron chi connectivity index (χ0n) is 19.1. The Morgan fingerprint density at radius 1 is 1.24 bits per heavy atom. The van der Waals surface area contributed by atoms with Crippen LogP contribution in [0, 0.1) is 12.8 Å². The van der Waals surface area contributed by atoms with Gasteiger partial charge in [0.15, 0.2) is 0 Å². The molecule has 4 heterocycles. The first-order valence-corrected chi connectivity index (χ1v) is 12.7. The van der Waals surface area contributed by atoms with Crippen molar-refractivity contribution in [1.29, 1.82) is 0 Å². The monoisotopic (exact) mass is 494 g/mol. The number of nitrogens with one attached hydrogen (secondary N) is 1. The number of pyridine rings is 1. The Bertz CT molecular complexity index is 1340. The highest BCUT2D eigenvalue weighted by Gasteiger charge is 2.33. The van der Waals surface area contributed by atoms with Crippen LogP contribution in [-0.4, -0.2) is 30.6 Å². The molecule has 5 rings (SSSR count). The Kier molecular flexibility index (Phi) is 6.31. The molecule has 1 aliphatic carbocycles. The van der Waals surface area contributed by atoms with Gasteiger partial charge in [-0.05, 0) is 68.4 Å². The van der Waals surface area contributed by atoms with Gasteiger partial charge < -0.3 is 9.73 Å². The van der Waals surface area contributed by atoms with Gasteiger partial charge in [0, 0.05) is 12.2 Å². The third kappa shape index (κ3) is 4.42. The highest BCUT2D eigenvalue weighted by molar-refractivity contribution is 8.26. The minimum absolute atomic E-state index is 0.211. The van der Waals surface area contributed by atoms with Crippen LogP contribution in [0.25, 0.3) is 11.7 Å². The van der Waals surface area contributed by atoms with Crippen LogP contribution in [0.5, 0.6) is 0 Å². The van der Waals surface area contributed by atoms with E-state index in [4.69, 9.17) is 21.6 Å². The van der Waals surface area contributed by atoms with Gasteiger partial charge in [0.05, 0.1) is 23.3 Å². The van der Waals surface area contributed by atoms with Crippen molar-refractivity contribution in [2.45, 2.75) is 52.1 Å². The Labute approximate surface area is 207 Å². The average molecular weight is 495 g/mol. The molecule has 7 nitrogen and oxygen atoms in total. The molecule has 9 heteroatoms. The van der Waals surface area contributed by atoms with Gasteiger partial charge >= 0.3 is 0 Å². The van der Waals surface area contributed by atoms with Crippen molar-refractivity contribution in [3.05, 3.63) is 68.9 Å². The Morgan fingerprint density at radius 2 is 2.03 bits per heavy atom. The van der Waals surface area contributed by atoms with E-state index < -0.39 is 0 Å². The van der Waals surface area contributed by atoms with Crippen LogP contribution >= 0.6 is 24.0 Å². The maximum atomic E-state index is 13.6. The highest BCUT2D eigenvalue weighted by Crippen LogP contribution is 2.34. The van der Waals surface area contributed by atoms with Crippen molar-refractivity contribution in [3.63, 3.8) is 0 Å². The molecule has 3 aromatic heterocycles. The normalized spacial score (nSPS) is 22.2. The Morgan fingerprint density at radius 3 is 2.76 bits per heavy atom. The summed E-state index contributed by atoms with van der Waals surface area (Å²) in [5.41, 5.74) is 1.69. The molecule has 0 unspecified atom stereocenters. The Hall–Kier alpha value is -2.91. The molecule has 176 valence electrons. The van der Waals surface area contributed by atoms with Crippen LogP contribution in [0.4, 0.5) is 5.82 Å². The zero-order chi connectivity index (χ0) is 23.8. The fourth-order valence-electron chi connectivity index (χ4n) is 4.48. The number of hydrogen-bond donors (Lipinski definition) is 1. The average Bonchev–Trinajstić information content (AvgIpc) is 3.42. The second-order valence-corrected chi connectivity index (χ2v) is 10.7. The predicted molar refractivity (Wildman–Crippen MR) is 139 cm³/mol. The maximum Gasteiger partial charge on any atom is 0.267 e. The number of carbonyl (C=O) groups is 1. The summed E-state index contributed by atoms with van der Waals surface area (Å²) in [7, 11) is 0. The first kappa shape index (κ1) is 22.9. The van der Waals surface area contributed by atoms with E-state index in [9.17, 15) is 9.59 Å². The van der Waals surface area contributed by atoms with Gasteiger partial charge in [0.2, 0.25) is 0 Å². The summed E-state index contributed by atoms with van der Waals surface area (Å²) in [5.74, 6) is 1.65. The molecule has 0 atom stereocenters. The summed E-state index contributed by atoms with van der Waals surface area (Å²) in [6.45, 7) is 4.47. The second kappa shape index (κ2) is 9.38. The fourth-order valence-corrected chi connectivity index (χ4v) is 5.71. The number of furan rings is 1. The SMILES string of the molecule is Cc1cccn2c(=O)c(C=C3SC(=S)N(Cc4ccco4)C3=O)c(NC3CCC(C)CC3)nc12. The number of nitrogens with zero attached hydrogens (tertiary/aromatic N) is 3. The first-order valence-electron chi connectivity index (χ1n) is 11.5. The summed E-state index contributed by atoms with van der Waals surface area (Å²) in [5, 5.41) is 3.53. The predicted octanol–water partition coefficient (Wildman–Crippen LogP) is 4.99. The van der Waals surface area contributed by atoms with Crippen molar-refractivity contribution in [2.24, 2.45) is 5.92 Å². The molecule has 1 saturated heterocycles. The van der Waals surface area contributed by atoms with Crippen molar-refractivity contribution >= 4 is 51.7 Å². The second-order valence-electron chi connectivity index (χ2n) is 9.01. The molecule has 1 amide bonds. The number of thiocarbonyl (C=S) groups is 1. The number of hydrogen-bond acceptors (Lipinski definition) is 7. The number of aromatic nitrogens is 2. The molecular formula is C25H26N4O3S2. The molecule has 1 saturated carbocycles. The zero-order valence-corrected chi connectivity index (χ0v) is 20.7. The number of rotatable bonds is 5. The molecule has 1 N–H and O–H groups in total. The van der Waals surface area contributed by atoms with Crippen LogP contribution in [0.15, 0.2) is 50.8 Å². The van der Waals surface area contributed by atoms with Crippen molar-refractivity contribution in [2.75, 3.05) is 5.32 Å². The number of thioether (sulfide) groups is 1. The third-order valence-corrected chi connectivity index (χ3v) is 7.86. The lowest BCUT2D eigenvalue weighted by Gasteiger charge is -2.28. The van der Waals surface area contributed by atoms with Gasteiger partial charge in [-0.3, -0.25) is 18.9 Å². The largest absolute Gasteiger partial charge is 0.467 e. The molecule has 0 bridgehead atoms.